The first-order valence-corrected chi connectivity index (χ1v) is 14.2. The second-order valence-electron chi connectivity index (χ2n) is 10.9. The molecular weight excluding hydrogens is 494 g/mol. The Morgan fingerprint density at radius 3 is 1.59 bits per heavy atom. The lowest BCUT2D eigenvalue weighted by Crippen LogP contribution is -1.97. The van der Waals surface area contributed by atoms with Crippen LogP contribution < -0.4 is 0 Å². The zero-order valence-electron chi connectivity index (χ0n) is 22.4. The summed E-state index contributed by atoms with van der Waals surface area (Å²) in [5.74, 6) is 0. The number of nitrogens with zero attached hydrogens (tertiary/aromatic N) is 1. The Bertz CT molecular complexity index is 2420. The molecule has 0 unspecified atom stereocenters. The molecule has 9 rings (SSSR count). The van der Waals surface area contributed by atoms with Crippen LogP contribution in [0.15, 0.2) is 152 Å². The minimum atomic E-state index is 1.21. The number of rotatable bonds is 2. The lowest BCUT2D eigenvalue weighted by Gasteiger charge is -2.17. The molecule has 0 N–H and O–H groups in total. The fourth-order valence-electron chi connectivity index (χ4n) is 6.92. The maximum atomic E-state index is 2.46. The van der Waals surface area contributed by atoms with E-state index in [0.29, 0.717) is 0 Å². The minimum absolute atomic E-state index is 1.21. The Morgan fingerprint density at radius 2 is 0.878 bits per heavy atom. The van der Waals surface area contributed by atoms with E-state index in [2.05, 4.69) is 156 Å². The quantitative estimate of drug-likeness (QED) is 0.200. The molecule has 0 spiro atoms. The van der Waals surface area contributed by atoms with Gasteiger partial charge in [-0.25, -0.2) is 0 Å². The standard InChI is InChI=1S/C40H25N/c1-2-12-27-23-28(22-21-26(27)11-1)36-24-29-25-39(41-37-19-9-7-14-31(37)32-15-8-10-20-38(32)41)33-16-4-6-18-35(33)40(29)34-17-5-3-13-30(34)36/h1-25H. The van der Waals surface area contributed by atoms with Gasteiger partial charge in [-0.15, -0.1) is 0 Å². The predicted octanol–water partition coefficient (Wildman–Crippen LogP) is 11.1. The van der Waals surface area contributed by atoms with Gasteiger partial charge in [-0.2, -0.15) is 0 Å². The summed E-state index contributed by atoms with van der Waals surface area (Å²) in [4.78, 5) is 0. The zero-order chi connectivity index (χ0) is 26.9. The molecule has 0 atom stereocenters. The molecule has 0 aliphatic carbocycles. The highest BCUT2D eigenvalue weighted by Gasteiger charge is 2.18. The van der Waals surface area contributed by atoms with E-state index in [1.165, 1.54) is 81.7 Å². The fourth-order valence-corrected chi connectivity index (χ4v) is 6.92. The van der Waals surface area contributed by atoms with Gasteiger partial charge in [0.15, 0.2) is 0 Å². The first-order valence-electron chi connectivity index (χ1n) is 14.2. The van der Waals surface area contributed by atoms with Gasteiger partial charge in [-0.1, -0.05) is 121 Å². The van der Waals surface area contributed by atoms with Gasteiger partial charge in [-0.3, -0.25) is 0 Å². The van der Waals surface area contributed by atoms with Gasteiger partial charge in [0.1, 0.15) is 0 Å². The van der Waals surface area contributed by atoms with Crippen LogP contribution >= 0.6 is 0 Å². The maximum Gasteiger partial charge on any atom is 0.0546 e. The van der Waals surface area contributed by atoms with E-state index < -0.39 is 0 Å². The Hall–Kier alpha value is -5.40. The van der Waals surface area contributed by atoms with E-state index in [1.807, 2.05) is 0 Å². The van der Waals surface area contributed by atoms with Crippen LogP contribution in [0, 0.1) is 0 Å². The molecule has 0 radical (unpaired) electrons. The Balaban J connectivity index is 1.45. The first-order chi connectivity index (χ1) is 20.3. The predicted molar refractivity (Wildman–Crippen MR) is 176 cm³/mol. The van der Waals surface area contributed by atoms with Gasteiger partial charge in [-0.05, 0) is 79.2 Å². The highest BCUT2D eigenvalue weighted by Crippen LogP contribution is 2.42. The largest absolute Gasteiger partial charge is 0.309 e. The van der Waals surface area contributed by atoms with Crippen LogP contribution in [0.4, 0.5) is 0 Å². The number of hydrogen-bond donors (Lipinski definition) is 0. The summed E-state index contributed by atoms with van der Waals surface area (Å²) in [6.45, 7) is 0. The fraction of sp³-hybridized carbons (Fsp3) is 0. The molecule has 8 aromatic carbocycles. The topological polar surface area (TPSA) is 4.93 Å². The smallest absolute Gasteiger partial charge is 0.0546 e. The molecular formula is C40H25N. The second kappa shape index (κ2) is 8.55. The first kappa shape index (κ1) is 22.4. The van der Waals surface area contributed by atoms with Crippen LogP contribution in [0.5, 0.6) is 0 Å². The normalized spacial score (nSPS) is 11.9. The summed E-state index contributed by atoms with van der Waals surface area (Å²) in [5.41, 5.74) is 6.18. The van der Waals surface area contributed by atoms with Crippen molar-refractivity contribution in [2.75, 3.05) is 0 Å². The Kier molecular flexibility index (Phi) is 4.67. The highest BCUT2D eigenvalue weighted by molar-refractivity contribution is 6.25. The molecule has 0 aliphatic heterocycles. The van der Waals surface area contributed by atoms with Crippen LogP contribution in [0.3, 0.4) is 0 Å². The van der Waals surface area contributed by atoms with Crippen molar-refractivity contribution in [2.24, 2.45) is 0 Å². The van der Waals surface area contributed by atoms with Crippen LogP contribution in [-0.2, 0) is 0 Å². The maximum absolute atomic E-state index is 2.46. The van der Waals surface area contributed by atoms with Crippen molar-refractivity contribution in [1.29, 1.82) is 0 Å². The average Bonchev–Trinajstić information content (AvgIpc) is 3.38. The van der Waals surface area contributed by atoms with E-state index >= 15 is 0 Å². The monoisotopic (exact) mass is 519 g/mol. The summed E-state index contributed by atoms with van der Waals surface area (Å²) in [7, 11) is 0. The van der Waals surface area contributed by atoms with Crippen molar-refractivity contribution in [3.63, 3.8) is 0 Å². The van der Waals surface area contributed by atoms with Gasteiger partial charge in [0.05, 0.1) is 16.7 Å². The molecule has 0 saturated carbocycles. The van der Waals surface area contributed by atoms with E-state index in [9.17, 15) is 0 Å². The van der Waals surface area contributed by atoms with E-state index in [1.54, 1.807) is 0 Å². The number of benzene rings is 8. The van der Waals surface area contributed by atoms with Crippen LogP contribution in [0.25, 0.3) is 81.7 Å². The molecule has 1 aromatic heterocycles. The van der Waals surface area contributed by atoms with E-state index in [4.69, 9.17) is 0 Å². The van der Waals surface area contributed by atoms with E-state index in [0.717, 1.165) is 0 Å². The molecule has 1 heterocycles. The van der Waals surface area contributed by atoms with Gasteiger partial charge in [0, 0.05) is 16.2 Å². The van der Waals surface area contributed by atoms with Crippen LogP contribution in [0.1, 0.15) is 0 Å². The average molecular weight is 520 g/mol. The summed E-state index contributed by atoms with van der Waals surface area (Å²) in [6, 6.07) is 55.6. The molecule has 41 heavy (non-hydrogen) atoms. The van der Waals surface area contributed by atoms with Crippen molar-refractivity contribution in [2.45, 2.75) is 0 Å². The number of fused-ring (bicyclic) bond motifs is 9. The number of aromatic nitrogens is 1. The summed E-state index contributed by atoms with van der Waals surface area (Å²) in [5, 5.41) is 12.8. The van der Waals surface area contributed by atoms with Crippen molar-refractivity contribution in [3.05, 3.63) is 152 Å². The lowest BCUT2D eigenvalue weighted by atomic mass is 9.89. The lowest BCUT2D eigenvalue weighted by molar-refractivity contribution is 1.20. The number of para-hydroxylation sites is 2. The molecule has 9 aromatic rings. The summed E-state index contributed by atoms with van der Waals surface area (Å²) in [6.07, 6.45) is 0. The van der Waals surface area contributed by atoms with Gasteiger partial charge < -0.3 is 4.57 Å². The SMILES string of the molecule is c1ccc2cc(-c3cc4cc(-n5c6ccccc6c6ccccc65)c5ccccc5c4c4ccccc34)ccc2c1. The third-order valence-corrected chi connectivity index (χ3v) is 8.72. The van der Waals surface area contributed by atoms with Crippen LogP contribution in [-0.4, -0.2) is 4.57 Å². The van der Waals surface area contributed by atoms with Gasteiger partial charge in [0.2, 0.25) is 0 Å². The third-order valence-electron chi connectivity index (χ3n) is 8.72. The molecule has 1 heteroatoms. The van der Waals surface area contributed by atoms with Gasteiger partial charge >= 0.3 is 0 Å². The van der Waals surface area contributed by atoms with Crippen molar-refractivity contribution in [1.82, 2.24) is 4.57 Å². The second-order valence-corrected chi connectivity index (χ2v) is 10.9. The highest BCUT2D eigenvalue weighted by atomic mass is 15.0. The summed E-state index contributed by atoms with van der Waals surface area (Å²) >= 11 is 0. The Morgan fingerprint density at radius 1 is 0.341 bits per heavy atom. The van der Waals surface area contributed by atoms with Gasteiger partial charge in [0.25, 0.3) is 0 Å². The molecule has 1 nitrogen and oxygen atoms in total. The third kappa shape index (κ3) is 3.24. The molecule has 0 bridgehead atoms. The summed E-state index contributed by atoms with van der Waals surface area (Å²) < 4.78 is 2.46. The zero-order valence-corrected chi connectivity index (χ0v) is 22.4. The molecule has 0 fully saturated rings. The number of hydrogen-bond acceptors (Lipinski definition) is 0. The van der Waals surface area contributed by atoms with Crippen molar-refractivity contribution >= 4 is 64.9 Å². The molecule has 0 aliphatic rings. The van der Waals surface area contributed by atoms with E-state index in [-0.39, 0.29) is 0 Å². The Labute approximate surface area is 237 Å². The van der Waals surface area contributed by atoms with Crippen molar-refractivity contribution < 1.29 is 0 Å². The van der Waals surface area contributed by atoms with Crippen molar-refractivity contribution in [3.8, 4) is 16.8 Å². The van der Waals surface area contributed by atoms with Crippen LogP contribution in [0.2, 0.25) is 0 Å². The molecule has 0 saturated heterocycles. The minimum Gasteiger partial charge on any atom is -0.309 e. The molecule has 190 valence electrons. The molecule has 0 amide bonds.